The van der Waals surface area contributed by atoms with Crippen LogP contribution in [0.15, 0.2) is 60.8 Å². The predicted octanol–water partition coefficient (Wildman–Crippen LogP) is 5.11. The lowest BCUT2D eigenvalue weighted by atomic mass is 9.98. The average molecular weight is 377 g/mol. The number of esters is 1. The molecule has 2 aromatic carbocycles. The van der Waals surface area contributed by atoms with Gasteiger partial charge in [-0.05, 0) is 62.6 Å². The summed E-state index contributed by atoms with van der Waals surface area (Å²) in [6, 6.07) is 16.6. The highest BCUT2D eigenvalue weighted by molar-refractivity contribution is 5.98. The second-order valence-corrected chi connectivity index (χ2v) is 7.62. The topological polar surface area (TPSA) is 68.5 Å². The van der Waals surface area contributed by atoms with Gasteiger partial charge in [-0.1, -0.05) is 36.4 Å². The van der Waals surface area contributed by atoms with Crippen molar-refractivity contribution in [3.63, 3.8) is 0 Å². The zero-order valence-electron chi connectivity index (χ0n) is 16.4. The number of carboxylic acids is 1. The van der Waals surface area contributed by atoms with Crippen LogP contribution in [-0.4, -0.2) is 27.2 Å². The van der Waals surface area contributed by atoms with Gasteiger partial charge in [-0.2, -0.15) is 0 Å². The molecule has 0 bridgehead atoms. The number of rotatable bonds is 4. The van der Waals surface area contributed by atoms with E-state index in [0.717, 1.165) is 11.1 Å². The number of carboxylic acid groups (broad SMARTS) is 1. The van der Waals surface area contributed by atoms with Crippen LogP contribution in [0.3, 0.4) is 0 Å². The Bertz CT molecular complexity index is 1030. The number of aromatic nitrogens is 1. The molecule has 0 aliphatic heterocycles. The first-order valence-corrected chi connectivity index (χ1v) is 9.02. The molecule has 0 atom stereocenters. The lowest BCUT2D eigenvalue weighted by Gasteiger charge is -2.21. The normalized spacial score (nSPS) is 11.3. The molecule has 3 rings (SSSR count). The molecule has 0 spiro atoms. The van der Waals surface area contributed by atoms with E-state index in [9.17, 15) is 14.7 Å². The summed E-state index contributed by atoms with van der Waals surface area (Å²) in [5, 5.41) is 9.55. The Kier molecular flexibility index (Phi) is 5.10. The highest BCUT2D eigenvalue weighted by Gasteiger charge is 2.23. The molecular weight excluding hydrogens is 354 g/mol. The number of aromatic carboxylic acids is 1. The van der Waals surface area contributed by atoms with Crippen molar-refractivity contribution in [3.8, 4) is 16.8 Å². The third-order valence-corrected chi connectivity index (χ3v) is 4.28. The van der Waals surface area contributed by atoms with Crippen LogP contribution in [-0.2, 0) is 4.74 Å². The number of ether oxygens (including phenoxy) is 1. The van der Waals surface area contributed by atoms with Gasteiger partial charge in [0.2, 0.25) is 0 Å². The van der Waals surface area contributed by atoms with E-state index in [1.54, 1.807) is 29.8 Å². The Balaban J connectivity index is 2.17. The van der Waals surface area contributed by atoms with Crippen molar-refractivity contribution < 1.29 is 19.4 Å². The van der Waals surface area contributed by atoms with Crippen LogP contribution in [0.2, 0.25) is 0 Å². The molecule has 5 nitrogen and oxygen atoms in total. The third kappa shape index (κ3) is 3.98. The van der Waals surface area contributed by atoms with E-state index in [2.05, 4.69) is 0 Å². The maximum atomic E-state index is 12.9. The molecule has 1 aromatic heterocycles. The van der Waals surface area contributed by atoms with Crippen LogP contribution in [0.25, 0.3) is 16.8 Å². The minimum atomic E-state index is -1.02. The van der Waals surface area contributed by atoms with Gasteiger partial charge in [0.1, 0.15) is 11.3 Å². The number of carbonyl (C=O) groups is 2. The Morgan fingerprint density at radius 3 is 2.29 bits per heavy atom. The fourth-order valence-corrected chi connectivity index (χ4v) is 3.07. The van der Waals surface area contributed by atoms with Crippen molar-refractivity contribution in [2.24, 2.45) is 0 Å². The molecule has 0 fully saturated rings. The number of benzene rings is 2. The summed E-state index contributed by atoms with van der Waals surface area (Å²) >= 11 is 0. The van der Waals surface area contributed by atoms with Gasteiger partial charge in [0.05, 0.1) is 5.56 Å². The van der Waals surface area contributed by atoms with Gasteiger partial charge in [0, 0.05) is 11.9 Å². The molecule has 1 N–H and O–H groups in total. The SMILES string of the molecule is Cc1ccn(-c2ccc(-c3ccccc3)c(C(=O)OC(C)(C)C)c2)c1C(=O)O. The first-order valence-electron chi connectivity index (χ1n) is 9.02. The minimum Gasteiger partial charge on any atom is -0.477 e. The summed E-state index contributed by atoms with van der Waals surface area (Å²) in [7, 11) is 0. The van der Waals surface area contributed by atoms with Gasteiger partial charge in [-0.3, -0.25) is 0 Å². The Labute approximate surface area is 164 Å². The van der Waals surface area contributed by atoms with Gasteiger partial charge in [-0.15, -0.1) is 0 Å². The number of hydrogen-bond donors (Lipinski definition) is 1. The molecule has 0 saturated carbocycles. The summed E-state index contributed by atoms with van der Waals surface area (Å²) in [5.41, 5.74) is 2.78. The van der Waals surface area contributed by atoms with E-state index < -0.39 is 17.5 Å². The number of hydrogen-bond acceptors (Lipinski definition) is 3. The maximum Gasteiger partial charge on any atom is 0.353 e. The molecule has 3 aromatic rings. The molecule has 0 aliphatic rings. The van der Waals surface area contributed by atoms with E-state index in [1.165, 1.54) is 0 Å². The minimum absolute atomic E-state index is 0.169. The van der Waals surface area contributed by atoms with Crippen LogP contribution in [0.1, 0.15) is 47.2 Å². The van der Waals surface area contributed by atoms with Gasteiger partial charge < -0.3 is 14.4 Å². The second kappa shape index (κ2) is 7.35. The molecule has 0 saturated heterocycles. The van der Waals surface area contributed by atoms with E-state index in [-0.39, 0.29) is 5.69 Å². The second-order valence-electron chi connectivity index (χ2n) is 7.62. The number of aryl methyl sites for hydroxylation is 1. The summed E-state index contributed by atoms with van der Waals surface area (Å²) < 4.78 is 7.16. The van der Waals surface area contributed by atoms with Crippen LogP contribution >= 0.6 is 0 Å². The summed E-state index contributed by atoms with van der Waals surface area (Å²) in [6.45, 7) is 7.19. The molecule has 144 valence electrons. The van der Waals surface area contributed by atoms with Crippen LogP contribution in [0.5, 0.6) is 0 Å². The Morgan fingerprint density at radius 1 is 1.00 bits per heavy atom. The Hall–Kier alpha value is -3.34. The van der Waals surface area contributed by atoms with Gasteiger partial charge in [-0.25, -0.2) is 9.59 Å². The zero-order chi connectivity index (χ0) is 20.5. The molecule has 0 radical (unpaired) electrons. The van der Waals surface area contributed by atoms with E-state index >= 15 is 0 Å². The molecule has 0 aliphatic carbocycles. The predicted molar refractivity (Wildman–Crippen MR) is 108 cm³/mol. The summed E-state index contributed by atoms with van der Waals surface area (Å²) in [6.07, 6.45) is 1.69. The largest absolute Gasteiger partial charge is 0.477 e. The van der Waals surface area contributed by atoms with Crippen molar-refractivity contribution in [1.82, 2.24) is 4.57 Å². The third-order valence-electron chi connectivity index (χ3n) is 4.28. The molecule has 28 heavy (non-hydrogen) atoms. The zero-order valence-corrected chi connectivity index (χ0v) is 16.4. The molecule has 1 heterocycles. The van der Waals surface area contributed by atoms with Crippen molar-refractivity contribution in [3.05, 3.63) is 77.6 Å². The van der Waals surface area contributed by atoms with Crippen LogP contribution < -0.4 is 0 Å². The molecule has 5 heteroatoms. The van der Waals surface area contributed by atoms with Crippen LogP contribution in [0, 0.1) is 6.92 Å². The first-order chi connectivity index (χ1) is 13.2. The van der Waals surface area contributed by atoms with Crippen molar-refractivity contribution in [2.75, 3.05) is 0 Å². The fourth-order valence-electron chi connectivity index (χ4n) is 3.07. The number of carbonyl (C=O) groups excluding carboxylic acids is 1. The number of nitrogens with zero attached hydrogens (tertiary/aromatic N) is 1. The molecule has 0 unspecified atom stereocenters. The Morgan fingerprint density at radius 2 is 1.68 bits per heavy atom. The smallest absolute Gasteiger partial charge is 0.353 e. The standard InChI is InChI=1S/C23H23NO4/c1-15-12-13-24(20(15)21(25)26)17-10-11-18(16-8-6-5-7-9-16)19(14-17)22(27)28-23(2,3)4/h5-14H,1-4H3,(H,25,26). The van der Waals surface area contributed by atoms with Crippen molar-refractivity contribution in [1.29, 1.82) is 0 Å². The maximum absolute atomic E-state index is 12.9. The highest BCUT2D eigenvalue weighted by Crippen LogP contribution is 2.29. The van der Waals surface area contributed by atoms with Crippen molar-refractivity contribution in [2.45, 2.75) is 33.3 Å². The lowest BCUT2D eigenvalue weighted by molar-refractivity contribution is 0.00702. The molecule has 0 amide bonds. The van der Waals surface area contributed by atoms with Gasteiger partial charge in [0.25, 0.3) is 0 Å². The van der Waals surface area contributed by atoms with E-state index in [4.69, 9.17) is 4.74 Å². The average Bonchev–Trinajstić information content (AvgIpc) is 3.02. The monoisotopic (exact) mass is 377 g/mol. The quantitative estimate of drug-likeness (QED) is 0.642. The first kappa shape index (κ1) is 19.4. The van der Waals surface area contributed by atoms with Crippen LogP contribution in [0.4, 0.5) is 0 Å². The summed E-state index contributed by atoms with van der Waals surface area (Å²) in [5.74, 6) is -1.47. The van der Waals surface area contributed by atoms with Gasteiger partial charge in [0.15, 0.2) is 0 Å². The molecular formula is C23H23NO4. The van der Waals surface area contributed by atoms with Crippen molar-refractivity contribution >= 4 is 11.9 Å². The van der Waals surface area contributed by atoms with E-state index in [1.807, 2.05) is 63.2 Å². The summed E-state index contributed by atoms with van der Waals surface area (Å²) in [4.78, 5) is 24.6. The van der Waals surface area contributed by atoms with E-state index in [0.29, 0.717) is 16.8 Å². The lowest BCUT2D eigenvalue weighted by Crippen LogP contribution is -2.24. The fraction of sp³-hybridized carbons (Fsp3) is 0.217. The highest BCUT2D eigenvalue weighted by atomic mass is 16.6. The van der Waals surface area contributed by atoms with Gasteiger partial charge >= 0.3 is 11.9 Å².